The van der Waals surface area contributed by atoms with Crippen LogP contribution in [0.5, 0.6) is 0 Å². The number of thiophene rings is 1. The Balaban J connectivity index is 1.10. The van der Waals surface area contributed by atoms with Crippen LogP contribution in [0.4, 0.5) is 0 Å². The van der Waals surface area contributed by atoms with Gasteiger partial charge < -0.3 is 8.98 Å². The number of fused-ring (bicyclic) bond motifs is 13. The molecule has 7 heteroatoms. The minimum atomic E-state index is 0.549. The van der Waals surface area contributed by atoms with Gasteiger partial charge in [-0.25, -0.2) is 4.98 Å². The largest absolute Gasteiger partial charge is 0.454 e. The molecule has 0 fully saturated rings. The van der Waals surface area contributed by atoms with E-state index in [2.05, 4.69) is 191 Å². The summed E-state index contributed by atoms with van der Waals surface area (Å²) in [5.41, 5.74) is 11.0. The molecular formula is C57H33N5OS. The molecule has 5 aromatic heterocycles. The van der Waals surface area contributed by atoms with Gasteiger partial charge in [-0.2, -0.15) is 9.97 Å². The summed E-state index contributed by atoms with van der Waals surface area (Å²) in [7, 11) is 0. The van der Waals surface area contributed by atoms with Crippen LogP contribution in [-0.4, -0.2) is 24.1 Å². The van der Waals surface area contributed by atoms with Gasteiger partial charge in [-0.1, -0.05) is 158 Å². The van der Waals surface area contributed by atoms with Crippen LogP contribution < -0.4 is 0 Å². The Morgan fingerprint density at radius 3 is 1.78 bits per heavy atom. The standard InChI is InChI=1S/C57H33N5OS/c1-3-15-34(16-4-1)36-29-32-49-45(33-36)42-22-14-27-48(53(42)63-49)61-46-25-10-7-19-37(46)40-30-31-41-38-20-8-11-26-47(38)62(52(41)51(40)61)57-59-55(35-17-5-2-6-18-35)58-56(60-57)44-24-13-23-43-39-21-9-12-28-50(39)64-54(43)44/h1-33H. The molecule has 0 aliphatic heterocycles. The first-order chi connectivity index (χ1) is 31.7. The fourth-order valence-electron chi connectivity index (χ4n) is 9.95. The summed E-state index contributed by atoms with van der Waals surface area (Å²) in [6.45, 7) is 0. The van der Waals surface area contributed by atoms with Gasteiger partial charge in [-0.15, -0.1) is 11.3 Å². The summed E-state index contributed by atoms with van der Waals surface area (Å²) in [5, 5.41) is 9.06. The zero-order chi connectivity index (χ0) is 41.9. The van der Waals surface area contributed by atoms with Gasteiger partial charge in [0, 0.05) is 63.6 Å². The van der Waals surface area contributed by atoms with E-state index in [0.717, 1.165) is 92.6 Å². The van der Waals surface area contributed by atoms with Crippen LogP contribution in [0, 0.1) is 0 Å². The van der Waals surface area contributed by atoms with E-state index in [4.69, 9.17) is 19.4 Å². The highest BCUT2D eigenvalue weighted by atomic mass is 32.1. The third-order valence-electron chi connectivity index (χ3n) is 12.8. The SMILES string of the molecule is c1ccc(-c2ccc3oc4c(-n5c6ccccc6c6ccc7c8ccccc8n(-c8nc(-c9ccccc9)nc(-c9cccc%10c9sc9ccccc9%10)n8)c7c65)cccc4c3c2)cc1. The Morgan fingerprint density at radius 1 is 0.391 bits per heavy atom. The van der Waals surface area contributed by atoms with Crippen molar-refractivity contribution < 1.29 is 4.42 Å². The Hall–Kier alpha value is -8.39. The van der Waals surface area contributed by atoms with Crippen molar-refractivity contribution in [3.8, 4) is 45.5 Å². The summed E-state index contributed by atoms with van der Waals surface area (Å²) in [5.74, 6) is 1.79. The Labute approximate surface area is 369 Å². The number of hydrogen-bond donors (Lipinski definition) is 0. The third-order valence-corrected chi connectivity index (χ3v) is 14.0. The van der Waals surface area contributed by atoms with E-state index in [9.17, 15) is 0 Å². The molecule has 0 amide bonds. The molecule has 9 aromatic carbocycles. The van der Waals surface area contributed by atoms with Gasteiger partial charge in [-0.3, -0.25) is 4.57 Å². The molecule has 0 N–H and O–H groups in total. The quantitative estimate of drug-likeness (QED) is 0.173. The molecule has 64 heavy (non-hydrogen) atoms. The highest BCUT2D eigenvalue weighted by Gasteiger charge is 2.25. The zero-order valence-corrected chi connectivity index (χ0v) is 34.9. The van der Waals surface area contributed by atoms with Crippen molar-refractivity contribution in [1.82, 2.24) is 24.1 Å². The van der Waals surface area contributed by atoms with Crippen molar-refractivity contribution in [2.24, 2.45) is 0 Å². The van der Waals surface area contributed by atoms with Crippen molar-refractivity contribution >= 4 is 97.1 Å². The number of furan rings is 1. The molecule has 0 unspecified atom stereocenters. The Bertz CT molecular complexity index is 4200. The Kier molecular flexibility index (Phi) is 7.46. The van der Waals surface area contributed by atoms with Crippen LogP contribution in [-0.2, 0) is 0 Å². The van der Waals surface area contributed by atoms with Crippen molar-refractivity contribution in [1.29, 1.82) is 0 Å². The van der Waals surface area contributed by atoms with Gasteiger partial charge in [-0.05, 0) is 53.6 Å². The predicted octanol–water partition coefficient (Wildman–Crippen LogP) is 15.3. The molecule has 14 rings (SSSR count). The molecule has 0 atom stereocenters. The summed E-state index contributed by atoms with van der Waals surface area (Å²) < 4.78 is 13.9. The second kappa shape index (κ2) is 13.6. The predicted molar refractivity (Wildman–Crippen MR) is 265 cm³/mol. The lowest BCUT2D eigenvalue weighted by Gasteiger charge is -2.13. The van der Waals surface area contributed by atoms with Gasteiger partial charge in [0.2, 0.25) is 5.95 Å². The summed E-state index contributed by atoms with van der Waals surface area (Å²) in [4.78, 5) is 16.1. The van der Waals surface area contributed by atoms with Crippen molar-refractivity contribution in [2.45, 2.75) is 0 Å². The number of aromatic nitrogens is 5. The van der Waals surface area contributed by atoms with E-state index in [0.29, 0.717) is 17.6 Å². The number of hydrogen-bond acceptors (Lipinski definition) is 5. The molecule has 0 saturated heterocycles. The fourth-order valence-corrected chi connectivity index (χ4v) is 11.2. The lowest BCUT2D eigenvalue weighted by atomic mass is 10.0. The molecule has 0 saturated carbocycles. The van der Waals surface area contributed by atoms with Crippen molar-refractivity contribution in [3.05, 3.63) is 200 Å². The summed E-state index contributed by atoms with van der Waals surface area (Å²) in [6, 6.07) is 70.6. The fraction of sp³-hybridized carbons (Fsp3) is 0. The first-order valence-corrected chi connectivity index (χ1v) is 22.3. The first-order valence-electron chi connectivity index (χ1n) is 21.4. The van der Waals surface area contributed by atoms with E-state index >= 15 is 0 Å². The van der Waals surface area contributed by atoms with Gasteiger partial charge in [0.05, 0.1) is 27.8 Å². The smallest absolute Gasteiger partial charge is 0.238 e. The highest BCUT2D eigenvalue weighted by Crippen LogP contribution is 2.45. The van der Waals surface area contributed by atoms with Crippen LogP contribution in [0.2, 0.25) is 0 Å². The van der Waals surface area contributed by atoms with E-state index < -0.39 is 0 Å². The minimum absolute atomic E-state index is 0.549. The number of para-hydroxylation sites is 3. The molecule has 0 spiro atoms. The molecule has 0 aliphatic rings. The number of rotatable bonds is 5. The molecular weight excluding hydrogens is 803 g/mol. The maximum atomic E-state index is 6.91. The molecule has 0 bridgehead atoms. The van der Waals surface area contributed by atoms with E-state index in [-0.39, 0.29) is 0 Å². The summed E-state index contributed by atoms with van der Waals surface area (Å²) in [6.07, 6.45) is 0. The molecule has 0 radical (unpaired) electrons. The minimum Gasteiger partial charge on any atom is -0.454 e. The van der Waals surface area contributed by atoms with Gasteiger partial charge in [0.1, 0.15) is 5.58 Å². The molecule has 0 aliphatic carbocycles. The monoisotopic (exact) mass is 835 g/mol. The van der Waals surface area contributed by atoms with Gasteiger partial charge >= 0.3 is 0 Å². The van der Waals surface area contributed by atoms with Crippen LogP contribution in [0.15, 0.2) is 205 Å². The van der Waals surface area contributed by atoms with Gasteiger partial charge in [0.15, 0.2) is 17.2 Å². The molecule has 6 nitrogen and oxygen atoms in total. The topological polar surface area (TPSA) is 61.7 Å². The molecule has 298 valence electrons. The first kappa shape index (κ1) is 35.2. The zero-order valence-electron chi connectivity index (χ0n) is 34.1. The summed E-state index contributed by atoms with van der Waals surface area (Å²) >= 11 is 1.78. The lowest BCUT2D eigenvalue weighted by molar-refractivity contribution is 0.666. The van der Waals surface area contributed by atoms with E-state index in [1.54, 1.807) is 11.3 Å². The van der Waals surface area contributed by atoms with Crippen molar-refractivity contribution in [3.63, 3.8) is 0 Å². The Morgan fingerprint density at radius 2 is 1.00 bits per heavy atom. The normalized spacial score (nSPS) is 12.1. The van der Waals surface area contributed by atoms with Crippen LogP contribution >= 0.6 is 11.3 Å². The van der Waals surface area contributed by atoms with Crippen LogP contribution in [0.1, 0.15) is 0 Å². The lowest BCUT2D eigenvalue weighted by Crippen LogP contribution is -2.07. The van der Waals surface area contributed by atoms with Crippen LogP contribution in [0.25, 0.3) is 131 Å². The maximum Gasteiger partial charge on any atom is 0.238 e. The second-order valence-electron chi connectivity index (χ2n) is 16.3. The van der Waals surface area contributed by atoms with Crippen molar-refractivity contribution in [2.75, 3.05) is 0 Å². The number of benzene rings is 9. The number of nitrogens with zero attached hydrogens (tertiary/aromatic N) is 5. The maximum absolute atomic E-state index is 6.91. The average Bonchev–Trinajstić information content (AvgIpc) is 4.12. The third kappa shape index (κ3) is 5.10. The van der Waals surface area contributed by atoms with E-state index in [1.165, 1.54) is 21.0 Å². The van der Waals surface area contributed by atoms with Gasteiger partial charge in [0.25, 0.3) is 0 Å². The van der Waals surface area contributed by atoms with Crippen LogP contribution in [0.3, 0.4) is 0 Å². The molecule has 14 aromatic rings. The second-order valence-corrected chi connectivity index (χ2v) is 17.4. The molecule has 5 heterocycles. The highest BCUT2D eigenvalue weighted by molar-refractivity contribution is 7.26. The van der Waals surface area contributed by atoms with E-state index in [1.807, 2.05) is 18.2 Å². The average molecular weight is 836 g/mol.